The van der Waals surface area contributed by atoms with E-state index in [1.165, 1.54) is 0 Å². The molecule has 0 aliphatic carbocycles. The second kappa shape index (κ2) is 13.1. The lowest BCUT2D eigenvalue weighted by Crippen LogP contribution is -2.36. The SMILES string of the molecule is CCNC(=O)c1cccc(CNC(=NC)NCc2ccc(C)cc2OCC(F)(F)F)c1.I. The van der Waals surface area contributed by atoms with Gasteiger partial charge in [0.2, 0.25) is 0 Å². The molecule has 0 atom stereocenters. The highest BCUT2D eigenvalue weighted by Crippen LogP contribution is 2.23. The van der Waals surface area contributed by atoms with Crippen molar-refractivity contribution in [1.29, 1.82) is 0 Å². The van der Waals surface area contributed by atoms with E-state index in [4.69, 9.17) is 4.74 Å². The van der Waals surface area contributed by atoms with Gasteiger partial charge in [0, 0.05) is 37.8 Å². The average molecular weight is 564 g/mol. The first-order valence-electron chi connectivity index (χ1n) is 9.82. The van der Waals surface area contributed by atoms with Crippen molar-refractivity contribution in [3.8, 4) is 5.75 Å². The van der Waals surface area contributed by atoms with E-state index in [0.29, 0.717) is 30.2 Å². The van der Waals surface area contributed by atoms with E-state index in [9.17, 15) is 18.0 Å². The molecular formula is C22H28F3IN4O2. The number of guanidine groups is 1. The van der Waals surface area contributed by atoms with Crippen molar-refractivity contribution in [2.24, 2.45) is 4.99 Å². The summed E-state index contributed by atoms with van der Waals surface area (Å²) in [5, 5.41) is 8.95. The number of hydrogen-bond acceptors (Lipinski definition) is 3. The van der Waals surface area contributed by atoms with Crippen LogP contribution >= 0.6 is 24.0 Å². The van der Waals surface area contributed by atoms with Crippen LogP contribution in [0.15, 0.2) is 47.5 Å². The quantitative estimate of drug-likeness (QED) is 0.256. The summed E-state index contributed by atoms with van der Waals surface area (Å²) in [7, 11) is 1.59. The van der Waals surface area contributed by atoms with Crippen LogP contribution in [0.3, 0.4) is 0 Å². The Labute approximate surface area is 203 Å². The van der Waals surface area contributed by atoms with Gasteiger partial charge in [0.25, 0.3) is 5.91 Å². The molecule has 0 radical (unpaired) electrons. The molecule has 0 bridgehead atoms. The summed E-state index contributed by atoms with van der Waals surface area (Å²) in [4.78, 5) is 16.1. The number of alkyl halides is 3. The number of halogens is 4. The normalized spacial score (nSPS) is 11.4. The molecule has 6 nitrogen and oxygen atoms in total. The molecule has 0 aromatic heterocycles. The van der Waals surface area contributed by atoms with Crippen molar-refractivity contribution >= 4 is 35.8 Å². The molecule has 0 heterocycles. The van der Waals surface area contributed by atoms with Crippen molar-refractivity contribution in [3.63, 3.8) is 0 Å². The van der Waals surface area contributed by atoms with E-state index in [0.717, 1.165) is 11.1 Å². The zero-order chi connectivity index (χ0) is 22.9. The van der Waals surface area contributed by atoms with Crippen LogP contribution in [0.2, 0.25) is 0 Å². The monoisotopic (exact) mass is 564 g/mol. The van der Waals surface area contributed by atoms with E-state index in [1.807, 2.05) is 13.0 Å². The molecule has 0 aliphatic heterocycles. The fourth-order valence-corrected chi connectivity index (χ4v) is 2.77. The maximum atomic E-state index is 12.5. The zero-order valence-corrected chi connectivity index (χ0v) is 20.5. The van der Waals surface area contributed by atoms with Crippen molar-refractivity contribution < 1.29 is 22.7 Å². The van der Waals surface area contributed by atoms with Crippen LogP contribution in [0.5, 0.6) is 5.75 Å². The minimum Gasteiger partial charge on any atom is -0.484 e. The number of aliphatic imine (C=N–C) groups is 1. The first kappa shape index (κ1) is 27.5. The first-order valence-corrected chi connectivity index (χ1v) is 9.82. The van der Waals surface area contributed by atoms with E-state index in [-0.39, 0.29) is 42.2 Å². The number of carbonyl (C=O) groups excluding carboxylic acids is 1. The largest absolute Gasteiger partial charge is 0.484 e. The summed E-state index contributed by atoms with van der Waals surface area (Å²) in [6, 6.07) is 12.3. The smallest absolute Gasteiger partial charge is 0.422 e. The molecule has 0 saturated carbocycles. The number of nitrogens with zero attached hydrogens (tertiary/aromatic N) is 1. The highest BCUT2D eigenvalue weighted by atomic mass is 127. The number of hydrogen-bond donors (Lipinski definition) is 3. The molecule has 0 saturated heterocycles. The van der Waals surface area contributed by atoms with Crippen molar-refractivity contribution in [1.82, 2.24) is 16.0 Å². The van der Waals surface area contributed by atoms with Crippen LogP contribution < -0.4 is 20.7 Å². The number of carbonyl (C=O) groups is 1. The minimum atomic E-state index is -4.41. The Morgan fingerprint density at radius 3 is 2.44 bits per heavy atom. The lowest BCUT2D eigenvalue weighted by molar-refractivity contribution is -0.153. The number of ether oxygens (including phenoxy) is 1. The Bertz CT molecular complexity index is 920. The average Bonchev–Trinajstić information content (AvgIpc) is 2.73. The summed E-state index contributed by atoms with van der Waals surface area (Å²) >= 11 is 0. The Hall–Kier alpha value is -2.50. The van der Waals surface area contributed by atoms with Crippen molar-refractivity contribution in [3.05, 3.63) is 64.7 Å². The van der Waals surface area contributed by atoms with Crippen LogP contribution in [0.1, 0.15) is 34.0 Å². The molecule has 2 rings (SSSR count). The number of amides is 1. The predicted octanol–water partition coefficient (Wildman–Crippen LogP) is 4.17. The molecule has 32 heavy (non-hydrogen) atoms. The number of benzene rings is 2. The van der Waals surface area contributed by atoms with Gasteiger partial charge in [0.05, 0.1) is 0 Å². The summed E-state index contributed by atoms with van der Waals surface area (Å²) in [5.74, 6) is 0.498. The van der Waals surface area contributed by atoms with E-state index >= 15 is 0 Å². The van der Waals surface area contributed by atoms with E-state index in [2.05, 4.69) is 20.9 Å². The van der Waals surface area contributed by atoms with Gasteiger partial charge in [-0.1, -0.05) is 24.3 Å². The first-order chi connectivity index (χ1) is 14.7. The van der Waals surface area contributed by atoms with Crippen molar-refractivity contribution in [2.45, 2.75) is 33.1 Å². The fraction of sp³-hybridized carbons (Fsp3) is 0.364. The number of rotatable bonds is 8. The second-order valence-electron chi connectivity index (χ2n) is 6.85. The van der Waals surface area contributed by atoms with Gasteiger partial charge in [0.1, 0.15) is 5.75 Å². The Morgan fingerprint density at radius 1 is 1.06 bits per heavy atom. The van der Waals surface area contributed by atoms with Gasteiger partial charge in [-0.05, 0) is 43.2 Å². The highest BCUT2D eigenvalue weighted by Gasteiger charge is 2.28. The van der Waals surface area contributed by atoms with E-state index in [1.54, 1.807) is 50.4 Å². The summed E-state index contributed by atoms with van der Waals surface area (Å²) in [6.07, 6.45) is -4.41. The maximum absolute atomic E-state index is 12.5. The fourth-order valence-electron chi connectivity index (χ4n) is 2.77. The van der Waals surface area contributed by atoms with Crippen LogP contribution in [0, 0.1) is 6.92 Å². The van der Waals surface area contributed by atoms with Crippen LogP contribution in [-0.4, -0.2) is 38.2 Å². The minimum absolute atomic E-state index is 0. The summed E-state index contributed by atoms with van der Waals surface area (Å²) < 4.78 is 42.6. The summed E-state index contributed by atoms with van der Waals surface area (Å²) in [6.45, 7) is 3.48. The van der Waals surface area contributed by atoms with Gasteiger partial charge in [-0.25, -0.2) is 0 Å². The van der Waals surface area contributed by atoms with Crippen LogP contribution in [0.4, 0.5) is 13.2 Å². The number of aryl methyl sites for hydroxylation is 1. The third-order valence-corrected chi connectivity index (χ3v) is 4.27. The molecular weight excluding hydrogens is 536 g/mol. The lowest BCUT2D eigenvalue weighted by Gasteiger charge is -2.16. The highest BCUT2D eigenvalue weighted by molar-refractivity contribution is 14.0. The third-order valence-electron chi connectivity index (χ3n) is 4.27. The van der Waals surface area contributed by atoms with Crippen LogP contribution in [0.25, 0.3) is 0 Å². The van der Waals surface area contributed by atoms with Gasteiger partial charge in [-0.2, -0.15) is 13.2 Å². The molecule has 0 aliphatic rings. The van der Waals surface area contributed by atoms with Gasteiger partial charge in [0.15, 0.2) is 12.6 Å². The molecule has 2 aromatic rings. The zero-order valence-electron chi connectivity index (χ0n) is 18.2. The molecule has 2 aromatic carbocycles. The lowest BCUT2D eigenvalue weighted by atomic mass is 10.1. The maximum Gasteiger partial charge on any atom is 0.422 e. The molecule has 0 unspecified atom stereocenters. The molecule has 176 valence electrons. The molecule has 0 fully saturated rings. The van der Waals surface area contributed by atoms with Gasteiger partial charge in [-0.15, -0.1) is 24.0 Å². The topological polar surface area (TPSA) is 74.8 Å². The van der Waals surface area contributed by atoms with Crippen LogP contribution in [-0.2, 0) is 13.1 Å². The molecule has 1 amide bonds. The second-order valence-corrected chi connectivity index (χ2v) is 6.85. The molecule has 3 N–H and O–H groups in total. The molecule has 0 spiro atoms. The Kier molecular flexibility index (Phi) is 11.3. The predicted molar refractivity (Wildman–Crippen MR) is 130 cm³/mol. The van der Waals surface area contributed by atoms with E-state index < -0.39 is 12.8 Å². The van der Waals surface area contributed by atoms with Gasteiger partial charge in [-0.3, -0.25) is 9.79 Å². The Balaban J connectivity index is 0.00000512. The van der Waals surface area contributed by atoms with Crippen molar-refractivity contribution in [2.75, 3.05) is 20.2 Å². The third kappa shape index (κ3) is 9.33. The van der Waals surface area contributed by atoms with Gasteiger partial charge < -0.3 is 20.7 Å². The summed E-state index contributed by atoms with van der Waals surface area (Å²) in [5.41, 5.74) is 2.83. The molecule has 10 heteroatoms. The Morgan fingerprint density at radius 2 is 1.78 bits per heavy atom. The number of nitrogens with one attached hydrogen (secondary N) is 3. The standard InChI is InChI=1S/C22H27F3N4O2.HI/c1-4-27-20(30)17-7-5-6-16(11-17)12-28-21(26-3)29-13-18-9-8-15(2)10-19(18)31-14-22(23,24)25;/h5-11H,4,12-14H2,1-3H3,(H,27,30)(H2,26,28,29);1H. The van der Waals surface area contributed by atoms with Gasteiger partial charge >= 0.3 is 6.18 Å².